The highest BCUT2D eigenvalue weighted by atomic mass is 19.1. The van der Waals surface area contributed by atoms with Crippen LogP contribution in [0.4, 0.5) is 14.9 Å². The summed E-state index contributed by atoms with van der Waals surface area (Å²) in [5.41, 5.74) is 1.26. The summed E-state index contributed by atoms with van der Waals surface area (Å²) >= 11 is 0. The number of carbonyl (C=O) groups excluding carboxylic acids is 1. The van der Waals surface area contributed by atoms with Crippen LogP contribution >= 0.6 is 0 Å². The molecule has 1 heterocycles. The van der Waals surface area contributed by atoms with Crippen LogP contribution < -0.4 is 5.32 Å². The summed E-state index contributed by atoms with van der Waals surface area (Å²) in [6.07, 6.45) is 1.89. The van der Waals surface area contributed by atoms with Crippen molar-refractivity contribution in [2.75, 3.05) is 25.1 Å². The van der Waals surface area contributed by atoms with Crippen molar-refractivity contribution >= 4 is 11.7 Å². The third-order valence-corrected chi connectivity index (χ3v) is 4.44. The zero-order valence-electron chi connectivity index (χ0n) is 14.2. The SMILES string of the molecule is O=C(Nc1ccccc1F)N(Cc1ccccc1)CC1CCOCC1. The number of benzene rings is 2. The summed E-state index contributed by atoms with van der Waals surface area (Å²) in [6.45, 7) is 2.61. The van der Waals surface area contributed by atoms with Gasteiger partial charge in [0.15, 0.2) is 0 Å². The van der Waals surface area contributed by atoms with Crippen LogP contribution in [0.1, 0.15) is 18.4 Å². The Morgan fingerprint density at radius 1 is 1.08 bits per heavy atom. The number of urea groups is 1. The van der Waals surface area contributed by atoms with Crippen LogP contribution in [0, 0.1) is 11.7 Å². The third kappa shape index (κ3) is 5.03. The average Bonchev–Trinajstić information content (AvgIpc) is 2.65. The minimum Gasteiger partial charge on any atom is -0.381 e. The Kier molecular flexibility index (Phi) is 6.01. The van der Waals surface area contributed by atoms with Crippen molar-refractivity contribution in [3.63, 3.8) is 0 Å². The molecule has 1 aliphatic heterocycles. The highest BCUT2D eigenvalue weighted by Gasteiger charge is 2.22. The zero-order chi connectivity index (χ0) is 17.5. The second kappa shape index (κ2) is 8.62. The lowest BCUT2D eigenvalue weighted by Gasteiger charge is -2.30. The number of nitrogens with zero attached hydrogens (tertiary/aromatic N) is 1. The molecule has 1 saturated heterocycles. The molecule has 2 amide bonds. The molecule has 0 aliphatic carbocycles. The Morgan fingerprint density at radius 2 is 1.76 bits per heavy atom. The molecule has 0 atom stereocenters. The molecule has 0 bridgehead atoms. The predicted molar refractivity (Wildman–Crippen MR) is 95.8 cm³/mol. The summed E-state index contributed by atoms with van der Waals surface area (Å²) in [5, 5.41) is 2.70. The van der Waals surface area contributed by atoms with Crippen LogP contribution in [0.3, 0.4) is 0 Å². The number of nitrogens with one attached hydrogen (secondary N) is 1. The van der Waals surface area contributed by atoms with Crippen molar-refractivity contribution in [3.05, 3.63) is 66.0 Å². The van der Waals surface area contributed by atoms with Gasteiger partial charge in [0.25, 0.3) is 0 Å². The van der Waals surface area contributed by atoms with E-state index >= 15 is 0 Å². The Hall–Kier alpha value is -2.40. The van der Waals surface area contributed by atoms with E-state index < -0.39 is 5.82 Å². The topological polar surface area (TPSA) is 41.6 Å². The number of para-hydroxylation sites is 1. The van der Waals surface area contributed by atoms with E-state index in [-0.39, 0.29) is 11.7 Å². The maximum Gasteiger partial charge on any atom is 0.322 e. The van der Waals surface area contributed by atoms with E-state index in [0.29, 0.717) is 19.0 Å². The first-order valence-electron chi connectivity index (χ1n) is 8.64. The quantitative estimate of drug-likeness (QED) is 0.881. The lowest BCUT2D eigenvalue weighted by Crippen LogP contribution is -2.39. The van der Waals surface area contributed by atoms with Gasteiger partial charge in [0.2, 0.25) is 0 Å². The second-order valence-electron chi connectivity index (χ2n) is 6.33. The van der Waals surface area contributed by atoms with Gasteiger partial charge in [-0.25, -0.2) is 9.18 Å². The van der Waals surface area contributed by atoms with Gasteiger partial charge in [0.1, 0.15) is 5.82 Å². The van der Waals surface area contributed by atoms with Gasteiger partial charge in [-0.2, -0.15) is 0 Å². The molecule has 4 nitrogen and oxygen atoms in total. The van der Waals surface area contributed by atoms with Crippen molar-refractivity contribution in [2.24, 2.45) is 5.92 Å². The first kappa shape index (κ1) is 17.4. The van der Waals surface area contributed by atoms with Gasteiger partial charge in [0, 0.05) is 26.3 Å². The standard InChI is InChI=1S/C20H23FN2O2/c21-18-8-4-5-9-19(18)22-20(24)23(14-16-6-2-1-3-7-16)15-17-10-12-25-13-11-17/h1-9,17H,10-15H2,(H,22,24). The van der Waals surface area contributed by atoms with Crippen molar-refractivity contribution in [1.82, 2.24) is 4.90 Å². The molecule has 1 aliphatic rings. The van der Waals surface area contributed by atoms with E-state index in [9.17, 15) is 9.18 Å². The molecule has 5 heteroatoms. The summed E-state index contributed by atoms with van der Waals surface area (Å²) < 4.78 is 19.3. The molecule has 0 unspecified atom stereocenters. The number of rotatable bonds is 5. The van der Waals surface area contributed by atoms with Gasteiger partial charge in [-0.15, -0.1) is 0 Å². The highest BCUT2D eigenvalue weighted by molar-refractivity contribution is 5.89. The molecule has 132 valence electrons. The molecule has 1 fully saturated rings. The lowest BCUT2D eigenvalue weighted by atomic mass is 9.99. The fraction of sp³-hybridized carbons (Fsp3) is 0.350. The van der Waals surface area contributed by atoms with Gasteiger partial charge in [0.05, 0.1) is 5.69 Å². The van der Waals surface area contributed by atoms with Gasteiger partial charge in [-0.3, -0.25) is 0 Å². The minimum absolute atomic E-state index is 0.206. The Labute approximate surface area is 147 Å². The van der Waals surface area contributed by atoms with Crippen molar-refractivity contribution < 1.29 is 13.9 Å². The molecule has 0 saturated carbocycles. The first-order chi connectivity index (χ1) is 12.2. The Bertz CT molecular complexity index is 687. The van der Waals surface area contributed by atoms with E-state index in [0.717, 1.165) is 31.6 Å². The first-order valence-corrected chi connectivity index (χ1v) is 8.64. The third-order valence-electron chi connectivity index (χ3n) is 4.44. The predicted octanol–water partition coefficient (Wildman–Crippen LogP) is 4.29. The maximum atomic E-state index is 13.8. The average molecular weight is 342 g/mol. The van der Waals surface area contributed by atoms with Crippen LogP contribution in [0.25, 0.3) is 0 Å². The number of ether oxygens (including phenoxy) is 1. The molecule has 1 N–H and O–H groups in total. The summed E-state index contributed by atoms with van der Waals surface area (Å²) in [5.74, 6) is -0.0228. The van der Waals surface area contributed by atoms with Crippen LogP contribution in [0.15, 0.2) is 54.6 Å². The number of hydrogen-bond acceptors (Lipinski definition) is 2. The number of carbonyl (C=O) groups is 1. The van der Waals surface area contributed by atoms with E-state index in [2.05, 4.69) is 5.32 Å². The normalized spacial score (nSPS) is 14.9. The number of amides is 2. The molecule has 0 aromatic heterocycles. The summed E-state index contributed by atoms with van der Waals surface area (Å²) in [4.78, 5) is 14.5. The largest absolute Gasteiger partial charge is 0.381 e. The number of anilines is 1. The van der Waals surface area contributed by atoms with Gasteiger partial charge >= 0.3 is 6.03 Å². The monoisotopic (exact) mass is 342 g/mol. The zero-order valence-corrected chi connectivity index (χ0v) is 14.2. The van der Waals surface area contributed by atoms with Gasteiger partial charge in [-0.1, -0.05) is 42.5 Å². The maximum absolute atomic E-state index is 13.8. The van der Waals surface area contributed by atoms with Crippen LogP contribution in [0.5, 0.6) is 0 Å². The molecular formula is C20H23FN2O2. The summed E-state index contributed by atoms with van der Waals surface area (Å²) in [7, 11) is 0. The number of hydrogen-bond donors (Lipinski definition) is 1. The fourth-order valence-electron chi connectivity index (χ4n) is 3.02. The number of halogens is 1. The molecule has 0 spiro atoms. The Morgan fingerprint density at radius 3 is 2.48 bits per heavy atom. The molecule has 3 rings (SSSR count). The Balaban J connectivity index is 1.72. The van der Waals surface area contributed by atoms with Crippen molar-refractivity contribution in [1.29, 1.82) is 0 Å². The molecule has 2 aromatic carbocycles. The second-order valence-corrected chi connectivity index (χ2v) is 6.33. The van der Waals surface area contributed by atoms with Gasteiger partial charge < -0.3 is 15.0 Å². The van der Waals surface area contributed by atoms with Crippen molar-refractivity contribution in [2.45, 2.75) is 19.4 Å². The van der Waals surface area contributed by atoms with E-state index in [1.54, 1.807) is 23.1 Å². The van der Waals surface area contributed by atoms with Crippen molar-refractivity contribution in [3.8, 4) is 0 Å². The van der Waals surface area contributed by atoms with Crippen LogP contribution in [-0.2, 0) is 11.3 Å². The molecule has 2 aromatic rings. The molecule has 0 radical (unpaired) electrons. The molecule has 25 heavy (non-hydrogen) atoms. The lowest BCUT2D eigenvalue weighted by molar-refractivity contribution is 0.0564. The van der Waals surface area contributed by atoms with E-state index in [1.807, 2.05) is 30.3 Å². The minimum atomic E-state index is -0.429. The van der Waals surface area contributed by atoms with E-state index in [4.69, 9.17) is 4.74 Å². The highest BCUT2D eigenvalue weighted by Crippen LogP contribution is 2.19. The van der Waals surface area contributed by atoms with E-state index in [1.165, 1.54) is 6.07 Å². The van der Waals surface area contributed by atoms with Crippen LogP contribution in [-0.4, -0.2) is 30.7 Å². The summed E-state index contributed by atoms with van der Waals surface area (Å²) in [6, 6.07) is 15.8. The van der Waals surface area contributed by atoms with Gasteiger partial charge in [-0.05, 0) is 36.5 Å². The fourth-order valence-corrected chi connectivity index (χ4v) is 3.02. The molecular weight excluding hydrogens is 319 g/mol. The smallest absolute Gasteiger partial charge is 0.322 e. The van der Waals surface area contributed by atoms with Crippen LogP contribution in [0.2, 0.25) is 0 Å².